The van der Waals surface area contributed by atoms with Crippen molar-refractivity contribution in [3.63, 3.8) is 0 Å². The van der Waals surface area contributed by atoms with Gasteiger partial charge in [0.1, 0.15) is 25.3 Å². The zero-order valence-corrected chi connectivity index (χ0v) is 13.0. The van der Waals surface area contributed by atoms with Crippen LogP contribution in [0.3, 0.4) is 0 Å². The Morgan fingerprint density at radius 1 is 1.22 bits per heavy atom. The Morgan fingerprint density at radius 3 is 2.43 bits per heavy atom. The molecule has 0 spiro atoms. The molecule has 122 valence electrons. The average molecular weight is 317 g/mol. The van der Waals surface area contributed by atoms with E-state index in [0.717, 1.165) is 0 Å². The number of rotatable bonds is 7. The van der Waals surface area contributed by atoms with Gasteiger partial charge in [0.15, 0.2) is 0 Å². The van der Waals surface area contributed by atoms with Crippen molar-refractivity contribution in [2.24, 2.45) is 0 Å². The number of amides is 2. The summed E-state index contributed by atoms with van der Waals surface area (Å²) in [6.07, 6.45) is 2.87. The van der Waals surface area contributed by atoms with Gasteiger partial charge >= 0.3 is 0 Å². The van der Waals surface area contributed by atoms with Crippen LogP contribution in [0.5, 0.6) is 0 Å². The molecule has 1 aromatic heterocycles. The molecule has 8 nitrogen and oxygen atoms in total. The predicted molar refractivity (Wildman–Crippen MR) is 84.9 cm³/mol. The van der Waals surface area contributed by atoms with Gasteiger partial charge in [-0.3, -0.25) is 9.59 Å². The summed E-state index contributed by atoms with van der Waals surface area (Å²) in [5, 5.41) is 9.42. The Bertz CT molecular complexity index is 640. The lowest BCUT2D eigenvalue weighted by Gasteiger charge is -2.12. The van der Waals surface area contributed by atoms with E-state index in [0.29, 0.717) is 18.0 Å². The van der Waals surface area contributed by atoms with Crippen molar-refractivity contribution in [2.75, 3.05) is 23.8 Å². The second-order valence-corrected chi connectivity index (χ2v) is 4.80. The summed E-state index contributed by atoms with van der Waals surface area (Å²) in [7, 11) is 0. The van der Waals surface area contributed by atoms with E-state index in [4.69, 9.17) is 4.74 Å². The Hall–Kier alpha value is -2.74. The molecule has 0 bridgehead atoms. The summed E-state index contributed by atoms with van der Waals surface area (Å²) in [4.78, 5) is 27.5. The van der Waals surface area contributed by atoms with E-state index in [1.165, 1.54) is 17.3 Å². The van der Waals surface area contributed by atoms with Crippen molar-refractivity contribution >= 4 is 23.2 Å². The number of nitrogens with one attached hydrogen (secondary N) is 2. The minimum absolute atomic E-state index is 0.0183. The Kier molecular flexibility index (Phi) is 5.81. The fourth-order valence-corrected chi connectivity index (χ4v) is 1.81. The molecule has 2 amide bonds. The van der Waals surface area contributed by atoms with Crippen LogP contribution in [0.4, 0.5) is 11.4 Å². The van der Waals surface area contributed by atoms with E-state index in [9.17, 15) is 9.59 Å². The molecule has 2 aromatic rings. The molecule has 0 saturated carbocycles. The quantitative estimate of drug-likeness (QED) is 0.805. The second-order valence-electron chi connectivity index (χ2n) is 4.80. The first-order chi connectivity index (χ1) is 11.1. The van der Waals surface area contributed by atoms with Gasteiger partial charge in [0.25, 0.3) is 0 Å². The topological polar surface area (TPSA) is 98.1 Å². The van der Waals surface area contributed by atoms with Crippen LogP contribution in [0.15, 0.2) is 36.9 Å². The van der Waals surface area contributed by atoms with Crippen LogP contribution in [-0.4, -0.2) is 39.8 Å². The molecule has 23 heavy (non-hydrogen) atoms. The minimum atomic E-state index is -0.469. The third-order valence-electron chi connectivity index (χ3n) is 3.09. The van der Waals surface area contributed by atoms with Crippen LogP contribution in [0.1, 0.15) is 19.9 Å². The normalized spacial score (nSPS) is 11.7. The molecular weight excluding hydrogens is 298 g/mol. The summed E-state index contributed by atoms with van der Waals surface area (Å²) < 4.78 is 6.49. The third-order valence-corrected chi connectivity index (χ3v) is 3.09. The number of hydrogen-bond donors (Lipinski definition) is 2. The van der Waals surface area contributed by atoms with Crippen LogP contribution >= 0.6 is 0 Å². The lowest BCUT2D eigenvalue weighted by Crippen LogP contribution is -2.24. The van der Waals surface area contributed by atoms with Crippen molar-refractivity contribution < 1.29 is 14.3 Å². The molecule has 8 heteroatoms. The molecule has 1 heterocycles. The third kappa shape index (κ3) is 4.89. The first-order valence-corrected chi connectivity index (χ1v) is 7.22. The van der Waals surface area contributed by atoms with E-state index in [1.54, 1.807) is 31.2 Å². The van der Waals surface area contributed by atoms with Gasteiger partial charge in [-0.05, 0) is 38.1 Å². The molecule has 0 fully saturated rings. The van der Waals surface area contributed by atoms with Crippen LogP contribution in [-0.2, 0) is 14.3 Å². The first-order valence-electron chi connectivity index (χ1n) is 7.22. The van der Waals surface area contributed by atoms with Crippen LogP contribution in [0, 0.1) is 0 Å². The molecule has 0 radical (unpaired) electrons. The molecule has 1 atom stereocenters. The molecule has 2 rings (SSSR count). The number of ether oxygens (including phenoxy) is 1. The van der Waals surface area contributed by atoms with Crippen molar-refractivity contribution in [3.05, 3.63) is 36.9 Å². The highest BCUT2D eigenvalue weighted by atomic mass is 16.5. The number of carbonyl (C=O) groups is 2. The summed E-state index contributed by atoms with van der Waals surface area (Å²) in [6, 6.07) is 6.37. The largest absolute Gasteiger partial charge is 0.372 e. The molecule has 2 N–H and O–H groups in total. The van der Waals surface area contributed by atoms with Crippen molar-refractivity contribution in [1.82, 2.24) is 14.8 Å². The van der Waals surface area contributed by atoms with Gasteiger partial charge in [-0.25, -0.2) is 9.67 Å². The predicted octanol–water partition coefficient (Wildman–Crippen LogP) is 1.45. The maximum Gasteiger partial charge on any atom is 0.250 e. The number of anilines is 2. The first kappa shape index (κ1) is 16.6. The number of aromatic nitrogens is 3. The number of benzene rings is 1. The lowest BCUT2D eigenvalue weighted by atomic mass is 10.2. The van der Waals surface area contributed by atoms with Gasteiger partial charge in [-0.2, -0.15) is 5.10 Å². The van der Waals surface area contributed by atoms with E-state index in [2.05, 4.69) is 20.7 Å². The Balaban J connectivity index is 1.89. The highest BCUT2D eigenvalue weighted by Gasteiger charge is 2.15. The molecular formula is C15H19N5O3. The van der Waals surface area contributed by atoms with E-state index >= 15 is 0 Å². The average Bonchev–Trinajstić information content (AvgIpc) is 3.08. The van der Waals surface area contributed by atoms with Gasteiger partial charge < -0.3 is 15.4 Å². The van der Waals surface area contributed by atoms with Crippen molar-refractivity contribution in [1.29, 1.82) is 0 Å². The maximum absolute atomic E-state index is 12.1. The van der Waals surface area contributed by atoms with E-state index in [-0.39, 0.29) is 18.4 Å². The SMILES string of the molecule is CCOCC(=O)Nc1ccc(NC(=O)[C@@H](C)n2cncn2)cc1. The molecule has 0 aliphatic rings. The zero-order valence-electron chi connectivity index (χ0n) is 13.0. The van der Waals surface area contributed by atoms with Crippen LogP contribution < -0.4 is 10.6 Å². The fraction of sp³-hybridized carbons (Fsp3) is 0.333. The molecule has 0 saturated heterocycles. The summed E-state index contributed by atoms with van der Waals surface area (Å²) in [6.45, 7) is 4.06. The molecule has 1 aromatic carbocycles. The van der Waals surface area contributed by atoms with E-state index < -0.39 is 6.04 Å². The van der Waals surface area contributed by atoms with Crippen LogP contribution in [0.2, 0.25) is 0 Å². The standard InChI is InChI=1S/C15H19N5O3/c1-3-23-8-14(21)18-12-4-6-13(7-5-12)19-15(22)11(2)20-10-16-9-17-20/h4-7,9-11H,3,8H2,1-2H3,(H,18,21)(H,19,22)/t11-/m1/s1. The Morgan fingerprint density at radius 2 is 1.87 bits per heavy atom. The summed E-state index contributed by atoms with van der Waals surface area (Å²) >= 11 is 0. The van der Waals surface area contributed by atoms with Crippen molar-refractivity contribution in [2.45, 2.75) is 19.9 Å². The smallest absolute Gasteiger partial charge is 0.250 e. The monoisotopic (exact) mass is 317 g/mol. The second kappa shape index (κ2) is 8.04. The number of nitrogens with zero attached hydrogens (tertiary/aromatic N) is 3. The molecule has 0 aliphatic heterocycles. The molecule has 0 unspecified atom stereocenters. The zero-order chi connectivity index (χ0) is 16.7. The van der Waals surface area contributed by atoms with Gasteiger partial charge in [-0.15, -0.1) is 0 Å². The van der Waals surface area contributed by atoms with E-state index in [1.807, 2.05) is 6.92 Å². The van der Waals surface area contributed by atoms with Gasteiger partial charge in [-0.1, -0.05) is 0 Å². The minimum Gasteiger partial charge on any atom is -0.372 e. The fourth-order valence-electron chi connectivity index (χ4n) is 1.81. The highest BCUT2D eigenvalue weighted by Crippen LogP contribution is 2.15. The number of hydrogen-bond acceptors (Lipinski definition) is 5. The summed E-state index contributed by atoms with van der Waals surface area (Å²) in [5.74, 6) is -0.424. The highest BCUT2D eigenvalue weighted by molar-refractivity contribution is 5.94. The molecule has 0 aliphatic carbocycles. The lowest BCUT2D eigenvalue weighted by molar-refractivity contribution is -0.120. The van der Waals surface area contributed by atoms with Gasteiger partial charge in [0.2, 0.25) is 11.8 Å². The van der Waals surface area contributed by atoms with Gasteiger partial charge in [0.05, 0.1) is 0 Å². The number of carbonyl (C=O) groups excluding carboxylic acids is 2. The van der Waals surface area contributed by atoms with Crippen molar-refractivity contribution in [3.8, 4) is 0 Å². The van der Waals surface area contributed by atoms with Gasteiger partial charge in [0, 0.05) is 18.0 Å². The van der Waals surface area contributed by atoms with Crippen LogP contribution in [0.25, 0.3) is 0 Å². The summed E-state index contributed by atoms with van der Waals surface area (Å²) in [5.41, 5.74) is 1.27. The Labute approximate surface area is 133 Å². The maximum atomic E-state index is 12.1.